The van der Waals surface area contributed by atoms with Gasteiger partial charge >= 0.3 is 12.2 Å². The first-order valence-electron chi connectivity index (χ1n) is 9.02. The fourth-order valence-corrected chi connectivity index (χ4v) is 3.15. The molecule has 2 aliphatic heterocycles. The zero-order chi connectivity index (χ0) is 18.7. The van der Waals surface area contributed by atoms with E-state index >= 15 is 0 Å². The minimum atomic E-state index is -0.538. The van der Waals surface area contributed by atoms with Crippen molar-refractivity contribution in [2.24, 2.45) is 0 Å². The molecule has 1 N–H and O–H groups in total. The number of ether oxygens (including phenoxy) is 2. The van der Waals surface area contributed by atoms with Crippen LogP contribution in [0.3, 0.4) is 0 Å². The lowest BCUT2D eigenvalue weighted by atomic mass is 9.99. The Morgan fingerprint density at radius 3 is 2.50 bits per heavy atom. The molecular formula is C19H27N3O4. The van der Waals surface area contributed by atoms with E-state index in [2.05, 4.69) is 5.32 Å². The van der Waals surface area contributed by atoms with Gasteiger partial charge in [0.25, 0.3) is 0 Å². The molecule has 142 valence electrons. The molecule has 1 aromatic carbocycles. The van der Waals surface area contributed by atoms with Crippen LogP contribution in [0.25, 0.3) is 0 Å². The van der Waals surface area contributed by atoms with Gasteiger partial charge in [-0.15, -0.1) is 0 Å². The Kier molecular flexibility index (Phi) is 5.36. The molecule has 7 heteroatoms. The summed E-state index contributed by atoms with van der Waals surface area (Å²) in [5, 5.41) is 3.29. The largest absolute Gasteiger partial charge is 0.445 e. The minimum Gasteiger partial charge on any atom is -0.445 e. The van der Waals surface area contributed by atoms with Crippen LogP contribution in [0.15, 0.2) is 30.3 Å². The predicted molar refractivity (Wildman–Crippen MR) is 96.7 cm³/mol. The molecule has 2 saturated heterocycles. The molecule has 0 bridgehead atoms. The fourth-order valence-electron chi connectivity index (χ4n) is 3.15. The summed E-state index contributed by atoms with van der Waals surface area (Å²) in [6.07, 6.45) is -0.680. The van der Waals surface area contributed by atoms with Crippen LogP contribution < -0.4 is 5.32 Å². The predicted octanol–water partition coefficient (Wildman–Crippen LogP) is 2.22. The van der Waals surface area contributed by atoms with Crippen LogP contribution in [0.4, 0.5) is 9.59 Å². The molecule has 3 rings (SSSR count). The SMILES string of the molecule is CC(C)(C)OC(=O)N1CCN(C(=O)OCc2ccccc2)C2CNC2C1. The topological polar surface area (TPSA) is 71.1 Å². The monoisotopic (exact) mass is 361 g/mol. The second kappa shape index (κ2) is 7.53. The fraction of sp³-hybridized carbons (Fsp3) is 0.579. The maximum atomic E-state index is 12.6. The lowest BCUT2D eigenvalue weighted by Gasteiger charge is -2.42. The third-order valence-electron chi connectivity index (χ3n) is 4.57. The van der Waals surface area contributed by atoms with Gasteiger partial charge in [-0.05, 0) is 26.3 Å². The summed E-state index contributed by atoms with van der Waals surface area (Å²) in [4.78, 5) is 28.3. The Labute approximate surface area is 154 Å². The highest BCUT2D eigenvalue weighted by molar-refractivity contribution is 5.70. The minimum absolute atomic E-state index is 0.0470. The van der Waals surface area contributed by atoms with Gasteiger partial charge in [-0.25, -0.2) is 9.59 Å². The molecule has 0 aromatic heterocycles. The van der Waals surface area contributed by atoms with E-state index in [0.29, 0.717) is 26.2 Å². The molecule has 7 nitrogen and oxygen atoms in total. The van der Waals surface area contributed by atoms with Gasteiger partial charge in [0.1, 0.15) is 12.2 Å². The van der Waals surface area contributed by atoms with E-state index in [1.807, 2.05) is 51.1 Å². The highest BCUT2D eigenvalue weighted by atomic mass is 16.6. The van der Waals surface area contributed by atoms with Gasteiger partial charge in [-0.3, -0.25) is 0 Å². The number of hydrogen-bond donors (Lipinski definition) is 1. The molecule has 2 fully saturated rings. The Balaban J connectivity index is 1.59. The molecule has 2 amide bonds. The first-order chi connectivity index (χ1) is 12.3. The van der Waals surface area contributed by atoms with Crippen LogP contribution in [-0.4, -0.2) is 65.9 Å². The summed E-state index contributed by atoms with van der Waals surface area (Å²) in [6, 6.07) is 9.71. The number of amides is 2. The van der Waals surface area contributed by atoms with Crippen molar-refractivity contribution in [3.63, 3.8) is 0 Å². The molecular weight excluding hydrogens is 334 g/mol. The summed E-state index contributed by atoms with van der Waals surface area (Å²) in [5.74, 6) is 0. The Morgan fingerprint density at radius 1 is 1.15 bits per heavy atom. The molecule has 26 heavy (non-hydrogen) atoms. The van der Waals surface area contributed by atoms with Crippen LogP contribution in [-0.2, 0) is 16.1 Å². The Hall–Kier alpha value is -2.28. The number of nitrogens with one attached hydrogen (secondary N) is 1. The van der Waals surface area contributed by atoms with Crippen molar-refractivity contribution in [2.75, 3.05) is 26.2 Å². The standard InChI is InChI=1S/C19H27N3O4/c1-19(2,3)26-17(23)21-9-10-22(16-11-20-15(16)12-21)18(24)25-13-14-7-5-4-6-8-14/h4-8,15-16,20H,9-13H2,1-3H3. The van der Waals surface area contributed by atoms with Gasteiger partial charge in [-0.1, -0.05) is 30.3 Å². The number of rotatable bonds is 2. The summed E-state index contributed by atoms with van der Waals surface area (Å²) >= 11 is 0. The van der Waals surface area contributed by atoms with Crippen LogP contribution in [0.5, 0.6) is 0 Å². The van der Waals surface area contributed by atoms with Crippen molar-refractivity contribution < 1.29 is 19.1 Å². The van der Waals surface area contributed by atoms with Gasteiger partial charge in [0, 0.05) is 32.2 Å². The average molecular weight is 361 g/mol. The lowest BCUT2D eigenvalue weighted by molar-refractivity contribution is 0.0237. The van der Waals surface area contributed by atoms with Crippen molar-refractivity contribution in [2.45, 2.75) is 45.1 Å². The summed E-state index contributed by atoms with van der Waals surface area (Å²) in [7, 11) is 0. The Bertz CT molecular complexity index is 644. The molecule has 2 aliphatic rings. The molecule has 2 unspecified atom stereocenters. The van der Waals surface area contributed by atoms with Crippen LogP contribution >= 0.6 is 0 Å². The highest BCUT2D eigenvalue weighted by Gasteiger charge is 2.43. The number of carbonyl (C=O) groups is 2. The first kappa shape index (κ1) is 18.5. The number of carbonyl (C=O) groups excluding carboxylic acids is 2. The summed E-state index contributed by atoms with van der Waals surface area (Å²) < 4.78 is 10.9. The second-order valence-corrected chi connectivity index (χ2v) is 7.74. The van der Waals surface area contributed by atoms with Crippen LogP contribution in [0, 0.1) is 0 Å². The lowest BCUT2D eigenvalue weighted by Crippen LogP contribution is -2.67. The van der Waals surface area contributed by atoms with E-state index in [1.165, 1.54) is 0 Å². The van der Waals surface area contributed by atoms with Gasteiger partial charge in [0.05, 0.1) is 6.04 Å². The molecule has 1 aromatic rings. The van der Waals surface area contributed by atoms with Crippen LogP contribution in [0.1, 0.15) is 26.3 Å². The van der Waals surface area contributed by atoms with Crippen molar-refractivity contribution in [1.82, 2.24) is 15.1 Å². The molecule has 2 heterocycles. The molecule has 0 aliphatic carbocycles. The maximum absolute atomic E-state index is 12.6. The van der Waals surface area contributed by atoms with E-state index < -0.39 is 5.60 Å². The molecule has 0 saturated carbocycles. The third-order valence-corrected chi connectivity index (χ3v) is 4.57. The summed E-state index contributed by atoms with van der Waals surface area (Å²) in [6.45, 7) is 7.91. The van der Waals surface area contributed by atoms with E-state index in [9.17, 15) is 9.59 Å². The average Bonchev–Trinajstić information content (AvgIpc) is 2.68. The van der Waals surface area contributed by atoms with Crippen molar-refractivity contribution >= 4 is 12.2 Å². The van der Waals surface area contributed by atoms with Gasteiger partial charge in [-0.2, -0.15) is 0 Å². The number of nitrogens with zero attached hydrogens (tertiary/aromatic N) is 2. The zero-order valence-electron chi connectivity index (χ0n) is 15.6. The van der Waals surface area contributed by atoms with E-state index in [4.69, 9.17) is 9.47 Å². The molecule has 2 atom stereocenters. The number of hydrogen-bond acceptors (Lipinski definition) is 5. The van der Waals surface area contributed by atoms with Gasteiger partial charge < -0.3 is 24.6 Å². The van der Waals surface area contributed by atoms with Crippen molar-refractivity contribution in [1.29, 1.82) is 0 Å². The van der Waals surface area contributed by atoms with Crippen molar-refractivity contribution in [3.05, 3.63) is 35.9 Å². The van der Waals surface area contributed by atoms with Crippen LogP contribution in [0.2, 0.25) is 0 Å². The Morgan fingerprint density at radius 2 is 1.88 bits per heavy atom. The quantitative estimate of drug-likeness (QED) is 0.875. The number of fused-ring (bicyclic) bond motifs is 1. The van der Waals surface area contributed by atoms with Gasteiger partial charge in [0.15, 0.2) is 0 Å². The molecule has 0 spiro atoms. The second-order valence-electron chi connectivity index (χ2n) is 7.74. The first-order valence-corrected chi connectivity index (χ1v) is 9.02. The highest BCUT2D eigenvalue weighted by Crippen LogP contribution is 2.21. The zero-order valence-corrected chi connectivity index (χ0v) is 15.6. The number of benzene rings is 1. The normalized spacial score (nSPS) is 22.7. The maximum Gasteiger partial charge on any atom is 0.410 e. The van der Waals surface area contributed by atoms with Crippen molar-refractivity contribution in [3.8, 4) is 0 Å². The van der Waals surface area contributed by atoms with E-state index in [1.54, 1.807) is 9.80 Å². The summed E-state index contributed by atoms with van der Waals surface area (Å²) in [5.41, 5.74) is 0.416. The van der Waals surface area contributed by atoms with Gasteiger partial charge in [0.2, 0.25) is 0 Å². The third kappa shape index (κ3) is 4.46. The van der Waals surface area contributed by atoms with E-state index in [-0.39, 0.29) is 30.9 Å². The van der Waals surface area contributed by atoms with E-state index in [0.717, 1.165) is 5.56 Å². The smallest absolute Gasteiger partial charge is 0.410 e. The molecule has 0 radical (unpaired) electrons.